The number of aryl methyl sites for hydroxylation is 1. The quantitative estimate of drug-likeness (QED) is 0.651. The van der Waals surface area contributed by atoms with Crippen LogP contribution in [0.25, 0.3) is 10.2 Å². The van der Waals surface area contributed by atoms with Gasteiger partial charge in [-0.1, -0.05) is 6.92 Å². The Kier molecular flexibility index (Phi) is 4.70. The zero-order chi connectivity index (χ0) is 20.0. The summed E-state index contributed by atoms with van der Waals surface area (Å²) in [5, 5.41) is 0.842. The van der Waals surface area contributed by atoms with E-state index in [-0.39, 0.29) is 17.5 Å². The van der Waals surface area contributed by atoms with E-state index < -0.39 is 0 Å². The maximum Gasteiger partial charge on any atom is 0.262 e. The zero-order valence-corrected chi connectivity index (χ0v) is 17.3. The predicted molar refractivity (Wildman–Crippen MR) is 113 cm³/mol. The van der Waals surface area contributed by atoms with Crippen molar-refractivity contribution in [2.75, 3.05) is 13.1 Å². The monoisotopic (exact) mass is 408 g/mol. The summed E-state index contributed by atoms with van der Waals surface area (Å²) < 4.78 is 1.82. The highest BCUT2D eigenvalue weighted by Gasteiger charge is 2.28. The molecule has 4 heterocycles. The van der Waals surface area contributed by atoms with Crippen LogP contribution in [0.2, 0.25) is 0 Å². The van der Waals surface area contributed by atoms with Gasteiger partial charge < -0.3 is 4.90 Å². The van der Waals surface area contributed by atoms with E-state index in [0.717, 1.165) is 42.3 Å². The molecule has 0 saturated carbocycles. The number of rotatable bonds is 2. The largest absolute Gasteiger partial charge is 0.338 e. The Morgan fingerprint density at radius 2 is 1.93 bits per heavy atom. The summed E-state index contributed by atoms with van der Waals surface area (Å²) in [5.74, 6) is 0.716. The van der Waals surface area contributed by atoms with Gasteiger partial charge in [-0.15, -0.1) is 11.3 Å². The Balaban J connectivity index is 1.38. The first-order valence-corrected chi connectivity index (χ1v) is 11.1. The SMILES string of the molecule is C[C@@H]1CCc2c(sc3ncn(C4CCN(C(=O)c5ccncc5)CC4)c(=O)c23)C1. The molecule has 2 aliphatic rings. The lowest BCUT2D eigenvalue weighted by Gasteiger charge is -2.32. The number of nitrogens with zero attached hydrogens (tertiary/aromatic N) is 4. The van der Waals surface area contributed by atoms with Crippen LogP contribution in [0, 0.1) is 5.92 Å². The van der Waals surface area contributed by atoms with Gasteiger partial charge in [0.15, 0.2) is 0 Å². The fourth-order valence-corrected chi connectivity index (χ4v) is 5.97. The fourth-order valence-electron chi connectivity index (χ4n) is 4.63. The van der Waals surface area contributed by atoms with Crippen LogP contribution in [-0.4, -0.2) is 38.4 Å². The normalized spacial score (nSPS) is 20.0. The third kappa shape index (κ3) is 3.27. The van der Waals surface area contributed by atoms with Crippen LogP contribution in [0.1, 0.15) is 53.0 Å². The molecule has 1 amide bonds. The van der Waals surface area contributed by atoms with Crippen LogP contribution >= 0.6 is 11.3 Å². The number of hydrogen-bond donors (Lipinski definition) is 0. The molecule has 1 saturated heterocycles. The number of hydrogen-bond acceptors (Lipinski definition) is 5. The van der Waals surface area contributed by atoms with E-state index in [4.69, 9.17) is 0 Å². The van der Waals surface area contributed by atoms with Crippen molar-refractivity contribution in [3.05, 3.63) is 57.2 Å². The van der Waals surface area contributed by atoms with Gasteiger partial charge in [-0.3, -0.25) is 19.1 Å². The lowest BCUT2D eigenvalue weighted by molar-refractivity contribution is 0.0693. The molecular formula is C22H24N4O2S. The standard InChI is InChI=1S/C22H24N4O2S/c1-14-2-3-17-18(12-14)29-20-19(17)22(28)26(13-24-20)16-6-10-25(11-7-16)21(27)15-4-8-23-9-5-15/h4-5,8-9,13-14,16H,2-3,6-7,10-12H2,1H3/t14-/m1/s1. The molecule has 0 aromatic carbocycles. The Hall–Kier alpha value is -2.54. The maximum atomic E-state index is 13.3. The van der Waals surface area contributed by atoms with Gasteiger partial charge >= 0.3 is 0 Å². The van der Waals surface area contributed by atoms with Gasteiger partial charge in [0.05, 0.1) is 11.7 Å². The van der Waals surface area contributed by atoms with E-state index in [9.17, 15) is 9.59 Å². The second-order valence-corrected chi connectivity index (χ2v) is 9.33. The van der Waals surface area contributed by atoms with Crippen LogP contribution in [0.15, 0.2) is 35.6 Å². The van der Waals surface area contributed by atoms with E-state index >= 15 is 0 Å². The van der Waals surface area contributed by atoms with Gasteiger partial charge in [0, 0.05) is 42.0 Å². The van der Waals surface area contributed by atoms with E-state index in [0.29, 0.717) is 24.6 Å². The van der Waals surface area contributed by atoms with Crippen LogP contribution in [-0.2, 0) is 12.8 Å². The van der Waals surface area contributed by atoms with Crippen LogP contribution in [0.3, 0.4) is 0 Å². The van der Waals surface area contributed by atoms with Gasteiger partial charge in [-0.2, -0.15) is 0 Å². The highest BCUT2D eigenvalue weighted by Crippen LogP contribution is 2.36. The van der Waals surface area contributed by atoms with Crippen molar-refractivity contribution in [3.63, 3.8) is 0 Å². The lowest BCUT2D eigenvalue weighted by Crippen LogP contribution is -2.40. The van der Waals surface area contributed by atoms with Crippen molar-refractivity contribution in [2.45, 2.75) is 45.1 Å². The molecule has 6 nitrogen and oxygen atoms in total. The first kappa shape index (κ1) is 18.5. The first-order chi connectivity index (χ1) is 14.1. The molecule has 150 valence electrons. The van der Waals surface area contributed by atoms with Crippen molar-refractivity contribution in [2.24, 2.45) is 5.92 Å². The fraction of sp³-hybridized carbons (Fsp3) is 0.455. The Morgan fingerprint density at radius 1 is 1.17 bits per heavy atom. The summed E-state index contributed by atoms with van der Waals surface area (Å²) in [6.07, 6.45) is 9.73. The smallest absolute Gasteiger partial charge is 0.262 e. The highest BCUT2D eigenvalue weighted by molar-refractivity contribution is 7.18. The average molecular weight is 409 g/mol. The second-order valence-electron chi connectivity index (χ2n) is 8.25. The summed E-state index contributed by atoms with van der Waals surface area (Å²) in [4.78, 5) is 38.7. The Morgan fingerprint density at radius 3 is 2.69 bits per heavy atom. The second kappa shape index (κ2) is 7.37. The van der Waals surface area contributed by atoms with Crippen molar-refractivity contribution in [1.82, 2.24) is 19.4 Å². The minimum atomic E-state index is 0.0350. The van der Waals surface area contributed by atoms with Crippen LogP contribution in [0.4, 0.5) is 0 Å². The number of thiophene rings is 1. The van der Waals surface area contributed by atoms with E-state index in [1.54, 1.807) is 42.2 Å². The van der Waals surface area contributed by atoms with Gasteiger partial charge in [-0.05, 0) is 55.7 Å². The number of amides is 1. The minimum Gasteiger partial charge on any atom is -0.338 e. The topological polar surface area (TPSA) is 68.1 Å². The lowest BCUT2D eigenvalue weighted by atomic mass is 9.89. The highest BCUT2D eigenvalue weighted by atomic mass is 32.1. The zero-order valence-electron chi connectivity index (χ0n) is 16.5. The number of aromatic nitrogens is 3. The average Bonchev–Trinajstić information content (AvgIpc) is 3.12. The number of carbonyl (C=O) groups excluding carboxylic acids is 1. The molecule has 1 fully saturated rings. The third-order valence-corrected chi connectivity index (χ3v) is 7.48. The molecule has 7 heteroatoms. The third-order valence-electron chi connectivity index (χ3n) is 6.31. The molecule has 0 bridgehead atoms. The van der Waals surface area contributed by atoms with Crippen molar-refractivity contribution >= 4 is 27.5 Å². The predicted octanol–water partition coefficient (Wildman–Crippen LogP) is 3.46. The number of carbonyl (C=O) groups is 1. The molecule has 1 aliphatic heterocycles. The van der Waals surface area contributed by atoms with Gasteiger partial charge in [0.1, 0.15) is 4.83 Å². The maximum absolute atomic E-state index is 13.3. The first-order valence-electron chi connectivity index (χ1n) is 10.3. The molecule has 0 unspecified atom stereocenters. The molecule has 1 atom stereocenters. The van der Waals surface area contributed by atoms with Gasteiger partial charge in [0.25, 0.3) is 11.5 Å². The van der Waals surface area contributed by atoms with Crippen molar-refractivity contribution in [3.8, 4) is 0 Å². The molecule has 0 N–H and O–H groups in total. The molecule has 3 aromatic rings. The molecule has 1 aliphatic carbocycles. The van der Waals surface area contributed by atoms with Gasteiger partial charge in [-0.25, -0.2) is 4.98 Å². The van der Waals surface area contributed by atoms with Crippen molar-refractivity contribution < 1.29 is 4.79 Å². The minimum absolute atomic E-state index is 0.0350. The molecule has 3 aromatic heterocycles. The summed E-state index contributed by atoms with van der Waals surface area (Å²) >= 11 is 1.69. The molecular weight excluding hydrogens is 384 g/mol. The number of pyridine rings is 1. The number of likely N-dealkylation sites (tertiary alicyclic amines) is 1. The van der Waals surface area contributed by atoms with E-state index in [1.165, 1.54) is 10.4 Å². The van der Waals surface area contributed by atoms with E-state index in [1.807, 2.05) is 9.47 Å². The summed E-state index contributed by atoms with van der Waals surface area (Å²) in [7, 11) is 0. The molecule has 0 radical (unpaired) electrons. The number of fused-ring (bicyclic) bond motifs is 3. The molecule has 5 rings (SSSR count). The van der Waals surface area contributed by atoms with E-state index in [2.05, 4.69) is 16.9 Å². The number of piperidine rings is 1. The van der Waals surface area contributed by atoms with Crippen LogP contribution in [0.5, 0.6) is 0 Å². The Bertz CT molecular complexity index is 1110. The summed E-state index contributed by atoms with van der Waals surface area (Å²) in [6, 6.07) is 3.59. The Labute approximate surface area is 173 Å². The van der Waals surface area contributed by atoms with Crippen LogP contribution < -0.4 is 5.56 Å². The molecule has 0 spiro atoms. The van der Waals surface area contributed by atoms with Gasteiger partial charge in [0.2, 0.25) is 0 Å². The summed E-state index contributed by atoms with van der Waals surface area (Å²) in [6.45, 7) is 3.57. The van der Waals surface area contributed by atoms with Crippen molar-refractivity contribution in [1.29, 1.82) is 0 Å². The molecule has 29 heavy (non-hydrogen) atoms. The summed E-state index contributed by atoms with van der Waals surface area (Å²) in [5.41, 5.74) is 2.00.